The van der Waals surface area contributed by atoms with Crippen molar-refractivity contribution in [1.29, 1.82) is 0 Å². The molecule has 1 aliphatic heterocycles. The first-order valence-corrected chi connectivity index (χ1v) is 5.32. The van der Waals surface area contributed by atoms with E-state index >= 15 is 0 Å². The molecule has 70 valence electrons. The fourth-order valence-electron chi connectivity index (χ4n) is 1.45. The van der Waals surface area contributed by atoms with Crippen LogP contribution in [0.5, 0.6) is 0 Å². The Morgan fingerprint density at radius 3 is 2.85 bits per heavy atom. The molecule has 2 nitrogen and oxygen atoms in total. The van der Waals surface area contributed by atoms with Crippen LogP contribution in [0.4, 0.5) is 11.4 Å². The first-order valence-electron chi connectivity index (χ1n) is 4.34. The molecule has 0 aromatic heterocycles. The molecule has 0 saturated heterocycles. The molecule has 0 bridgehead atoms. The Hall–Kier alpha value is -0.830. The molecule has 13 heavy (non-hydrogen) atoms. The number of hydrogen-bond acceptors (Lipinski definition) is 3. The van der Waals surface area contributed by atoms with Gasteiger partial charge in [-0.25, -0.2) is 0 Å². The highest BCUT2D eigenvalue weighted by molar-refractivity contribution is 7.99. The van der Waals surface area contributed by atoms with E-state index in [9.17, 15) is 0 Å². The van der Waals surface area contributed by atoms with Crippen molar-refractivity contribution in [2.75, 3.05) is 36.8 Å². The van der Waals surface area contributed by atoms with E-state index in [2.05, 4.69) is 49.1 Å². The van der Waals surface area contributed by atoms with Crippen LogP contribution in [0.15, 0.2) is 23.1 Å². The second kappa shape index (κ2) is 3.14. The van der Waals surface area contributed by atoms with Crippen LogP contribution in [-0.2, 0) is 0 Å². The Bertz CT molecular complexity index is 323. The molecule has 2 rings (SSSR count). The van der Waals surface area contributed by atoms with Crippen molar-refractivity contribution in [1.82, 2.24) is 0 Å². The van der Waals surface area contributed by atoms with Crippen LogP contribution in [0.1, 0.15) is 0 Å². The molecule has 0 spiro atoms. The van der Waals surface area contributed by atoms with E-state index in [-0.39, 0.29) is 0 Å². The third-order valence-corrected chi connectivity index (χ3v) is 3.44. The molecule has 0 fully saturated rings. The molecule has 0 amide bonds. The van der Waals surface area contributed by atoms with E-state index < -0.39 is 0 Å². The van der Waals surface area contributed by atoms with Crippen molar-refractivity contribution in [3.05, 3.63) is 18.2 Å². The predicted octanol–water partition coefficient (Wildman–Crippen LogP) is 2.25. The van der Waals surface area contributed by atoms with Crippen LogP contribution >= 0.6 is 11.8 Å². The van der Waals surface area contributed by atoms with Gasteiger partial charge >= 0.3 is 0 Å². The summed E-state index contributed by atoms with van der Waals surface area (Å²) in [6, 6.07) is 6.62. The number of thioether (sulfide) groups is 1. The van der Waals surface area contributed by atoms with Crippen LogP contribution < -0.4 is 9.80 Å². The summed E-state index contributed by atoms with van der Waals surface area (Å²) in [5.74, 6) is 1.08. The summed E-state index contributed by atoms with van der Waals surface area (Å²) in [6.45, 7) is 0. The van der Waals surface area contributed by atoms with Crippen LogP contribution in [0, 0.1) is 0 Å². The number of rotatable bonds is 1. The fraction of sp³-hybridized carbons (Fsp3) is 0.400. The summed E-state index contributed by atoms with van der Waals surface area (Å²) in [4.78, 5) is 5.81. The average molecular weight is 194 g/mol. The molecule has 0 N–H and O–H groups in total. The molecule has 1 aliphatic rings. The normalized spacial score (nSPS) is 14.5. The Balaban J connectivity index is 2.40. The van der Waals surface area contributed by atoms with Gasteiger partial charge in [-0.3, -0.25) is 0 Å². The van der Waals surface area contributed by atoms with Crippen LogP contribution in [0.2, 0.25) is 0 Å². The highest BCUT2D eigenvalue weighted by Crippen LogP contribution is 2.39. The second-order valence-electron chi connectivity index (χ2n) is 3.52. The van der Waals surface area contributed by atoms with Crippen LogP contribution in [0.25, 0.3) is 0 Å². The summed E-state index contributed by atoms with van der Waals surface area (Å²) < 4.78 is 0. The Morgan fingerprint density at radius 2 is 2.15 bits per heavy atom. The van der Waals surface area contributed by atoms with Gasteiger partial charge in [-0.15, -0.1) is 11.8 Å². The van der Waals surface area contributed by atoms with Crippen LogP contribution in [-0.4, -0.2) is 27.0 Å². The Labute approximate surface area is 83.5 Å². The smallest absolute Gasteiger partial charge is 0.0683 e. The van der Waals surface area contributed by atoms with Gasteiger partial charge in [0.1, 0.15) is 0 Å². The predicted molar refractivity (Wildman–Crippen MR) is 59.9 cm³/mol. The van der Waals surface area contributed by atoms with E-state index in [4.69, 9.17) is 0 Å². The largest absolute Gasteiger partial charge is 0.378 e. The van der Waals surface area contributed by atoms with Gasteiger partial charge in [0.05, 0.1) is 11.6 Å². The number of nitrogens with zero attached hydrogens (tertiary/aromatic N) is 2. The average Bonchev–Trinajstić information content (AvgIpc) is 2.47. The van der Waals surface area contributed by atoms with Crippen molar-refractivity contribution in [2.45, 2.75) is 4.90 Å². The SMILES string of the molecule is CN(C)c1ccc2c(c1)SCN2C. The van der Waals surface area contributed by atoms with E-state index in [1.807, 2.05) is 11.8 Å². The summed E-state index contributed by atoms with van der Waals surface area (Å²) in [5, 5.41) is 0. The van der Waals surface area contributed by atoms with Gasteiger partial charge in [0, 0.05) is 31.7 Å². The minimum absolute atomic E-state index is 1.08. The molecular weight excluding hydrogens is 180 g/mol. The van der Waals surface area contributed by atoms with Crippen molar-refractivity contribution in [3.8, 4) is 0 Å². The lowest BCUT2D eigenvalue weighted by atomic mass is 10.2. The topological polar surface area (TPSA) is 6.48 Å². The lowest BCUT2D eigenvalue weighted by Gasteiger charge is -2.15. The minimum atomic E-state index is 1.08. The van der Waals surface area contributed by atoms with Gasteiger partial charge in [0.2, 0.25) is 0 Å². The van der Waals surface area contributed by atoms with Gasteiger partial charge in [-0.2, -0.15) is 0 Å². The summed E-state index contributed by atoms with van der Waals surface area (Å²) in [6.07, 6.45) is 0. The molecule has 0 atom stereocenters. The van der Waals surface area contributed by atoms with E-state index in [1.165, 1.54) is 16.3 Å². The van der Waals surface area contributed by atoms with E-state index in [1.54, 1.807) is 0 Å². The number of hydrogen-bond donors (Lipinski definition) is 0. The summed E-state index contributed by atoms with van der Waals surface area (Å²) in [5.41, 5.74) is 2.64. The second-order valence-corrected chi connectivity index (χ2v) is 4.50. The standard InChI is InChI=1S/C10H14N2S/c1-11(2)8-4-5-9-10(6-8)13-7-12(9)3/h4-6H,7H2,1-3H3. The van der Waals surface area contributed by atoms with E-state index in [0.717, 1.165) is 5.88 Å². The van der Waals surface area contributed by atoms with Gasteiger partial charge in [0.25, 0.3) is 0 Å². The molecule has 3 heteroatoms. The molecule has 1 aromatic carbocycles. The molecule has 0 aliphatic carbocycles. The Morgan fingerprint density at radius 1 is 1.38 bits per heavy atom. The van der Waals surface area contributed by atoms with Crippen molar-refractivity contribution in [2.24, 2.45) is 0 Å². The monoisotopic (exact) mass is 194 g/mol. The highest BCUT2D eigenvalue weighted by Gasteiger charge is 2.16. The first kappa shape index (κ1) is 8.75. The summed E-state index contributed by atoms with van der Waals surface area (Å²) >= 11 is 1.91. The lowest BCUT2D eigenvalue weighted by molar-refractivity contribution is 1.09. The molecule has 1 aromatic rings. The third kappa shape index (κ3) is 1.48. The molecule has 0 unspecified atom stereocenters. The number of anilines is 2. The lowest BCUT2D eigenvalue weighted by Crippen LogP contribution is -2.11. The summed E-state index contributed by atoms with van der Waals surface area (Å²) in [7, 11) is 6.28. The maximum absolute atomic E-state index is 2.28. The number of fused-ring (bicyclic) bond motifs is 1. The molecule has 0 radical (unpaired) electrons. The molecular formula is C10H14N2S. The van der Waals surface area contributed by atoms with Crippen molar-refractivity contribution in [3.63, 3.8) is 0 Å². The Kier molecular flexibility index (Phi) is 2.12. The molecule has 0 saturated carbocycles. The van der Waals surface area contributed by atoms with E-state index in [0.29, 0.717) is 0 Å². The fourth-order valence-corrected chi connectivity index (χ4v) is 2.50. The van der Waals surface area contributed by atoms with Crippen molar-refractivity contribution < 1.29 is 0 Å². The highest BCUT2D eigenvalue weighted by atomic mass is 32.2. The van der Waals surface area contributed by atoms with Gasteiger partial charge < -0.3 is 9.80 Å². The van der Waals surface area contributed by atoms with Crippen molar-refractivity contribution >= 4 is 23.1 Å². The maximum atomic E-state index is 2.28. The third-order valence-electron chi connectivity index (χ3n) is 2.28. The minimum Gasteiger partial charge on any atom is -0.378 e. The zero-order valence-corrected chi connectivity index (χ0v) is 9.06. The maximum Gasteiger partial charge on any atom is 0.0683 e. The van der Waals surface area contributed by atoms with Gasteiger partial charge in [0.15, 0.2) is 0 Å². The first-order chi connectivity index (χ1) is 6.18. The quantitative estimate of drug-likeness (QED) is 0.677. The van der Waals surface area contributed by atoms with Crippen LogP contribution in [0.3, 0.4) is 0 Å². The number of benzene rings is 1. The van der Waals surface area contributed by atoms with Gasteiger partial charge in [-0.1, -0.05) is 0 Å². The zero-order valence-electron chi connectivity index (χ0n) is 8.24. The molecule has 1 heterocycles. The zero-order chi connectivity index (χ0) is 9.42. The van der Waals surface area contributed by atoms with Gasteiger partial charge in [-0.05, 0) is 18.2 Å².